The van der Waals surface area contributed by atoms with Crippen molar-refractivity contribution in [1.29, 1.82) is 0 Å². The van der Waals surface area contributed by atoms with Crippen LogP contribution in [0.3, 0.4) is 0 Å². The fourth-order valence-electron chi connectivity index (χ4n) is 1.48. The quantitative estimate of drug-likeness (QED) is 0.682. The summed E-state index contributed by atoms with van der Waals surface area (Å²) in [6.07, 6.45) is 3.79. The Bertz CT molecular complexity index is 251. The van der Waals surface area contributed by atoms with Crippen LogP contribution in [0.4, 0.5) is 0 Å². The van der Waals surface area contributed by atoms with E-state index in [0.717, 1.165) is 18.6 Å². The third-order valence-corrected chi connectivity index (χ3v) is 2.39. The van der Waals surface area contributed by atoms with Gasteiger partial charge in [-0.25, -0.2) is 0 Å². The summed E-state index contributed by atoms with van der Waals surface area (Å²) in [4.78, 5) is 0. The van der Waals surface area contributed by atoms with Crippen molar-refractivity contribution < 1.29 is 4.74 Å². The van der Waals surface area contributed by atoms with Gasteiger partial charge in [0.15, 0.2) is 0 Å². The van der Waals surface area contributed by atoms with E-state index in [9.17, 15) is 0 Å². The molecule has 1 nitrogen and oxygen atoms in total. The predicted octanol–water partition coefficient (Wildman–Crippen LogP) is 4.98. The minimum absolute atomic E-state index is 0.378. The summed E-state index contributed by atoms with van der Waals surface area (Å²) >= 11 is 0. The monoisotopic (exact) mass is 222 g/mol. The summed E-state index contributed by atoms with van der Waals surface area (Å²) < 4.78 is 5.86. The van der Waals surface area contributed by atoms with Gasteiger partial charge in [-0.05, 0) is 31.9 Å². The second-order valence-corrected chi connectivity index (χ2v) is 3.75. The highest BCUT2D eigenvalue weighted by atomic mass is 16.5. The maximum atomic E-state index is 5.86. The molecular weight excluding hydrogens is 196 g/mol. The van der Waals surface area contributed by atoms with E-state index in [1.54, 1.807) is 0 Å². The van der Waals surface area contributed by atoms with Crippen molar-refractivity contribution in [2.24, 2.45) is 0 Å². The number of hydrogen-bond donors (Lipinski definition) is 0. The first-order valence-electron chi connectivity index (χ1n) is 6.49. The lowest BCUT2D eigenvalue weighted by molar-refractivity contribution is 0.185. The lowest BCUT2D eigenvalue weighted by Crippen LogP contribution is -2.14. The first-order valence-corrected chi connectivity index (χ1v) is 6.49. The molecule has 92 valence electrons. The number of rotatable bonds is 5. The molecule has 1 heteroatoms. The minimum atomic E-state index is 0.378. The number of ether oxygens (including phenoxy) is 1. The molecule has 0 fully saturated rings. The zero-order valence-electron chi connectivity index (χ0n) is 11.4. The highest BCUT2D eigenvalue weighted by molar-refractivity contribution is 5.26. The molecule has 0 aliphatic heterocycles. The second-order valence-electron chi connectivity index (χ2n) is 3.75. The van der Waals surface area contributed by atoms with Gasteiger partial charge in [0, 0.05) is 0 Å². The van der Waals surface area contributed by atoms with Crippen molar-refractivity contribution in [3.05, 3.63) is 29.8 Å². The van der Waals surface area contributed by atoms with Crippen molar-refractivity contribution in [2.75, 3.05) is 0 Å². The second kappa shape index (κ2) is 9.26. The van der Waals surface area contributed by atoms with Gasteiger partial charge in [0.2, 0.25) is 0 Å². The van der Waals surface area contributed by atoms with Gasteiger partial charge in [0.05, 0.1) is 6.10 Å². The summed E-state index contributed by atoms with van der Waals surface area (Å²) in [7, 11) is 0. The van der Waals surface area contributed by atoms with Crippen LogP contribution >= 0.6 is 0 Å². The van der Waals surface area contributed by atoms with Gasteiger partial charge in [0.1, 0.15) is 5.75 Å². The molecule has 1 atom stereocenters. The van der Waals surface area contributed by atoms with E-state index in [1.165, 1.54) is 12.0 Å². The minimum Gasteiger partial charge on any atom is -0.490 e. The zero-order chi connectivity index (χ0) is 12.4. The lowest BCUT2D eigenvalue weighted by Gasteiger charge is -2.16. The third-order valence-electron chi connectivity index (χ3n) is 2.39. The highest BCUT2D eigenvalue weighted by Gasteiger charge is 2.05. The smallest absolute Gasteiger partial charge is 0.119 e. The standard InChI is InChI=1S/C13H20O.C2H6/c1-4-6-12(5-2)14-13-9-7-11(3)8-10-13;1-2/h7-10,12H,4-6H2,1-3H3;1-2H3. The first kappa shape index (κ1) is 15.0. The normalized spacial score (nSPS) is 11.3. The number of hydrogen-bond acceptors (Lipinski definition) is 1. The molecule has 1 unspecified atom stereocenters. The zero-order valence-corrected chi connectivity index (χ0v) is 11.4. The Labute approximate surface area is 101 Å². The first-order chi connectivity index (χ1) is 7.76. The molecule has 0 heterocycles. The molecule has 16 heavy (non-hydrogen) atoms. The molecule has 0 aliphatic rings. The Morgan fingerprint density at radius 3 is 2.06 bits per heavy atom. The van der Waals surface area contributed by atoms with E-state index in [1.807, 2.05) is 26.0 Å². The summed E-state index contributed by atoms with van der Waals surface area (Å²) in [5.41, 5.74) is 1.28. The fraction of sp³-hybridized carbons (Fsp3) is 0.600. The molecular formula is C15H26O. The van der Waals surface area contributed by atoms with Crippen molar-refractivity contribution in [1.82, 2.24) is 0 Å². The van der Waals surface area contributed by atoms with Gasteiger partial charge in [0.25, 0.3) is 0 Å². The van der Waals surface area contributed by atoms with Crippen LogP contribution in [0.15, 0.2) is 24.3 Å². The summed E-state index contributed by atoms with van der Waals surface area (Å²) in [6, 6.07) is 8.28. The number of benzene rings is 1. The van der Waals surface area contributed by atoms with Crippen LogP contribution in [-0.2, 0) is 0 Å². The highest BCUT2D eigenvalue weighted by Crippen LogP contribution is 2.16. The molecule has 0 amide bonds. The van der Waals surface area contributed by atoms with Gasteiger partial charge in [-0.2, -0.15) is 0 Å². The Morgan fingerprint density at radius 1 is 1.06 bits per heavy atom. The SMILES string of the molecule is CC.CCCC(CC)Oc1ccc(C)cc1. The van der Waals surface area contributed by atoms with E-state index in [4.69, 9.17) is 4.74 Å². The topological polar surface area (TPSA) is 9.23 Å². The largest absolute Gasteiger partial charge is 0.490 e. The molecule has 0 N–H and O–H groups in total. The van der Waals surface area contributed by atoms with Gasteiger partial charge < -0.3 is 4.74 Å². The molecule has 1 aromatic rings. The Kier molecular flexibility index (Phi) is 8.69. The van der Waals surface area contributed by atoms with Crippen LogP contribution in [0.25, 0.3) is 0 Å². The van der Waals surface area contributed by atoms with E-state index in [2.05, 4.69) is 32.9 Å². The fourth-order valence-corrected chi connectivity index (χ4v) is 1.48. The average Bonchev–Trinajstić information content (AvgIpc) is 2.34. The van der Waals surface area contributed by atoms with Crippen molar-refractivity contribution in [2.45, 2.75) is 60.0 Å². The van der Waals surface area contributed by atoms with Gasteiger partial charge >= 0.3 is 0 Å². The Morgan fingerprint density at radius 2 is 1.62 bits per heavy atom. The Balaban J connectivity index is 0.00000106. The molecule has 0 aromatic heterocycles. The lowest BCUT2D eigenvalue weighted by atomic mass is 10.1. The van der Waals surface area contributed by atoms with E-state index >= 15 is 0 Å². The molecule has 0 bridgehead atoms. The van der Waals surface area contributed by atoms with Crippen molar-refractivity contribution in [3.63, 3.8) is 0 Å². The van der Waals surface area contributed by atoms with Crippen molar-refractivity contribution in [3.8, 4) is 5.75 Å². The molecule has 1 aromatic carbocycles. The summed E-state index contributed by atoms with van der Waals surface area (Å²) in [5, 5.41) is 0. The van der Waals surface area contributed by atoms with E-state index in [0.29, 0.717) is 6.10 Å². The van der Waals surface area contributed by atoms with Crippen LogP contribution in [0.1, 0.15) is 52.5 Å². The van der Waals surface area contributed by atoms with Crippen LogP contribution in [0.5, 0.6) is 5.75 Å². The van der Waals surface area contributed by atoms with Crippen LogP contribution < -0.4 is 4.74 Å². The molecule has 0 aliphatic carbocycles. The molecule has 0 saturated carbocycles. The third kappa shape index (κ3) is 5.79. The number of aryl methyl sites for hydroxylation is 1. The van der Waals surface area contributed by atoms with Gasteiger partial charge in [-0.1, -0.05) is 51.8 Å². The molecule has 0 radical (unpaired) electrons. The molecule has 0 spiro atoms. The summed E-state index contributed by atoms with van der Waals surface area (Å²) in [5.74, 6) is 0.996. The summed E-state index contributed by atoms with van der Waals surface area (Å²) in [6.45, 7) is 10.5. The van der Waals surface area contributed by atoms with Crippen molar-refractivity contribution >= 4 is 0 Å². The van der Waals surface area contributed by atoms with Gasteiger partial charge in [-0.15, -0.1) is 0 Å². The Hall–Kier alpha value is -0.980. The van der Waals surface area contributed by atoms with E-state index in [-0.39, 0.29) is 0 Å². The maximum Gasteiger partial charge on any atom is 0.119 e. The van der Waals surface area contributed by atoms with Crippen LogP contribution in [0.2, 0.25) is 0 Å². The van der Waals surface area contributed by atoms with Crippen LogP contribution in [-0.4, -0.2) is 6.10 Å². The van der Waals surface area contributed by atoms with E-state index < -0.39 is 0 Å². The predicted molar refractivity (Wildman–Crippen MR) is 72.1 cm³/mol. The molecule has 1 rings (SSSR count). The van der Waals surface area contributed by atoms with Crippen LogP contribution in [0, 0.1) is 6.92 Å². The van der Waals surface area contributed by atoms with Gasteiger partial charge in [-0.3, -0.25) is 0 Å². The average molecular weight is 222 g/mol. The molecule has 0 saturated heterocycles. The maximum absolute atomic E-state index is 5.86.